The fourth-order valence-corrected chi connectivity index (χ4v) is 4.75. The minimum Gasteiger partial charge on any atom is -0.468 e. The van der Waals surface area contributed by atoms with Crippen LogP contribution in [0.3, 0.4) is 0 Å². The third-order valence-corrected chi connectivity index (χ3v) is 5.55. The van der Waals surface area contributed by atoms with Crippen molar-refractivity contribution in [2.24, 2.45) is 11.8 Å². The van der Waals surface area contributed by atoms with Crippen molar-refractivity contribution < 1.29 is 14.3 Å². The van der Waals surface area contributed by atoms with Crippen LogP contribution in [0, 0.1) is 11.8 Å². The van der Waals surface area contributed by atoms with Gasteiger partial charge in [-0.05, 0) is 25.0 Å². The average Bonchev–Trinajstić information content (AvgIpc) is 2.81. The van der Waals surface area contributed by atoms with Gasteiger partial charge in [0.15, 0.2) is 0 Å². The molecule has 3 atom stereocenters. The maximum Gasteiger partial charge on any atom is 0.318 e. The Morgan fingerprint density at radius 3 is 2.85 bits per heavy atom. The predicted molar refractivity (Wildman–Crippen MR) is 72.1 cm³/mol. The van der Waals surface area contributed by atoms with Crippen molar-refractivity contribution in [3.63, 3.8) is 0 Å². The lowest BCUT2D eigenvalue weighted by molar-refractivity contribution is -0.148. The number of fused-ring (bicyclic) bond motifs is 2. The van der Waals surface area contributed by atoms with Gasteiger partial charge < -0.3 is 9.47 Å². The Kier molecular flexibility index (Phi) is 2.49. The maximum atomic E-state index is 12.5. The van der Waals surface area contributed by atoms with Crippen LogP contribution in [0.5, 0.6) is 0 Å². The van der Waals surface area contributed by atoms with Gasteiger partial charge in [-0.3, -0.25) is 9.78 Å². The normalized spacial score (nSPS) is 36.9. The topological polar surface area (TPSA) is 48.4 Å². The minimum atomic E-state index is -0.557. The molecule has 2 aliphatic carbocycles. The summed E-state index contributed by atoms with van der Waals surface area (Å²) in [6.45, 7) is 0.663. The molecule has 1 aliphatic heterocycles. The molecule has 1 spiro atoms. The monoisotopic (exact) mass is 273 g/mol. The number of nitrogens with zero attached hydrogens (tertiary/aromatic N) is 1. The van der Waals surface area contributed by atoms with Crippen LogP contribution in [0.4, 0.5) is 0 Å². The van der Waals surface area contributed by atoms with E-state index in [1.165, 1.54) is 20.0 Å². The second-order valence-electron chi connectivity index (χ2n) is 6.24. The summed E-state index contributed by atoms with van der Waals surface area (Å²) in [7, 11) is 1.48. The lowest BCUT2D eigenvalue weighted by atomic mass is 9.86. The number of pyridine rings is 1. The summed E-state index contributed by atoms with van der Waals surface area (Å²) in [4.78, 5) is 17.0. The lowest BCUT2D eigenvalue weighted by Crippen LogP contribution is -2.39. The molecule has 0 bridgehead atoms. The molecule has 1 saturated heterocycles. The first-order chi connectivity index (χ1) is 9.75. The first kappa shape index (κ1) is 12.3. The van der Waals surface area contributed by atoms with Crippen LogP contribution in [0.15, 0.2) is 24.4 Å². The Bertz CT molecular complexity index is 532. The molecule has 0 aromatic carbocycles. The maximum absolute atomic E-state index is 12.5. The number of carbonyl (C=O) groups is 1. The predicted octanol–water partition coefficient (Wildman–Crippen LogP) is 2.08. The van der Waals surface area contributed by atoms with E-state index < -0.39 is 5.41 Å². The van der Waals surface area contributed by atoms with E-state index in [0.29, 0.717) is 6.61 Å². The van der Waals surface area contributed by atoms with Gasteiger partial charge >= 0.3 is 5.97 Å². The summed E-state index contributed by atoms with van der Waals surface area (Å²) in [6, 6.07) is 5.79. The fourth-order valence-electron chi connectivity index (χ4n) is 4.75. The molecule has 3 unspecified atom stereocenters. The number of hydrogen-bond donors (Lipinski definition) is 0. The molecule has 0 radical (unpaired) electrons. The zero-order valence-corrected chi connectivity index (χ0v) is 11.7. The highest BCUT2D eigenvalue weighted by Crippen LogP contribution is 2.71. The van der Waals surface area contributed by atoms with E-state index in [9.17, 15) is 4.79 Å². The van der Waals surface area contributed by atoms with Gasteiger partial charge in [0, 0.05) is 18.0 Å². The highest BCUT2D eigenvalue weighted by molar-refractivity contribution is 5.88. The first-order valence-electron chi connectivity index (χ1n) is 7.39. The van der Waals surface area contributed by atoms with E-state index in [0.717, 1.165) is 18.5 Å². The van der Waals surface area contributed by atoms with E-state index in [1.807, 2.05) is 18.2 Å². The second kappa shape index (κ2) is 4.04. The van der Waals surface area contributed by atoms with Crippen molar-refractivity contribution >= 4 is 5.97 Å². The largest absolute Gasteiger partial charge is 0.468 e. The van der Waals surface area contributed by atoms with Gasteiger partial charge in [-0.1, -0.05) is 18.9 Å². The smallest absolute Gasteiger partial charge is 0.318 e. The number of aromatic nitrogens is 1. The standard InChI is InChI=1S/C16H19NO3/c1-19-14(18)16(12-6-2-5-9-17-12)11-10-20-15(13(11)16)7-3-4-8-15/h2,5-6,9,11,13H,3-4,7-8,10H2,1H3. The zero-order chi connectivity index (χ0) is 13.8. The summed E-state index contributed by atoms with van der Waals surface area (Å²) in [5.74, 6) is 0.351. The van der Waals surface area contributed by atoms with Gasteiger partial charge in [-0.15, -0.1) is 0 Å². The first-order valence-corrected chi connectivity index (χ1v) is 7.39. The molecule has 1 aromatic rings. The van der Waals surface area contributed by atoms with Crippen molar-refractivity contribution in [2.45, 2.75) is 36.7 Å². The fraction of sp³-hybridized carbons (Fsp3) is 0.625. The van der Waals surface area contributed by atoms with Crippen LogP contribution in [0.2, 0.25) is 0 Å². The second-order valence-corrected chi connectivity index (χ2v) is 6.24. The number of ether oxygens (including phenoxy) is 2. The van der Waals surface area contributed by atoms with Crippen molar-refractivity contribution in [2.75, 3.05) is 13.7 Å². The van der Waals surface area contributed by atoms with Gasteiger partial charge in [-0.2, -0.15) is 0 Å². The molecular weight excluding hydrogens is 254 g/mol. The summed E-state index contributed by atoms with van der Waals surface area (Å²) < 4.78 is 11.2. The molecule has 0 amide bonds. The zero-order valence-electron chi connectivity index (χ0n) is 11.7. The molecule has 1 aromatic heterocycles. The summed E-state index contributed by atoms with van der Waals surface area (Å²) in [5, 5.41) is 0. The van der Waals surface area contributed by atoms with Crippen molar-refractivity contribution in [3.8, 4) is 0 Å². The third-order valence-electron chi connectivity index (χ3n) is 5.55. The van der Waals surface area contributed by atoms with E-state index >= 15 is 0 Å². The van der Waals surface area contributed by atoms with E-state index in [2.05, 4.69) is 4.98 Å². The quantitative estimate of drug-likeness (QED) is 0.774. The Hall–Kier alpha value is -1.42. The van der Waals surface area contributed by atoms with Gasteiger partial charge in [-0.25, -0.2) is 0 Å². The molecule has 3 aliphatic rings. The number of rotatable bonds is 2. The number of hydrogen-bond acceptors (Lipinski definition) is 4. The van der Waals surface area contributed by atoms with Crippen LogP contribution in [0.25, 0.3) is 0 Å². The molecule has 0 N–H and O–H groups in total. The van der Waals surface area contributed by atoms with Crippen molar-refractivity contribution in [3.05, 3.63) is 30.1 Å². The highest BCUT2D eigenvalue weighted by Gasteiger charge is 2.81. The Morgan fingerprint density at radius 1 is 1.40 bits per heavy atom. The van der Waals surface area contributed by atoms with Gasteiger partial charge in [0.1, 0.15) is 5.41 Å². The Labute approximate surface area is 118 Å². The molecule has 3 fully saturated rings. The summed E-state index contributed by atoms with van der Waals surface area (Å²) in [6.07, 6.45) is 6.29. The summed E-state index contributed by atoms with van der Waals surface area (Å²) >= 11 is 0. The van der Waals surface area contributed by atoms with Crippen LogP contribution >= 0.6 is 0 Å². The molecule has 4 rings (SSSR count). The van der Waals surface area contributed by atoms with E-state index in [1.54, 1.807) is 6.20 Å². The minimum absolute atomic E-state index is 0.101. The molecule has 106 valence electrons. The SMILES string of the molecule is COC(=O)C1(c2ccccn2)C2COC3(CCCC3)C21. The molecule has 2 saturated carbocycles. The summed E-state index contributed by atoms with van der Waals surface area (Å²) in [5.41, 5.74) is 0.200. The van der Waals surface area contributed by atoms with Crippen LogP contribution in [-0.2, 0) is 19.7 Å². The van der Waals surface area contributed by atoms with E-state index in [-0.39, 0.29) is 23.4 Å². The van der Waals surface area contributed by atoms with Crippen molar-refractivity contribution in [1.82, 2.24) is 4.98 Å². The van der Waals surface area contributed by atoms with Gasteiger partial charge in [0.25, 0.3) is 0 Å². The number of carbonyl (C=O) groups excluding carboxylic acids is 1. The molecule has 4 heteroatoms. The Morgan fingerprint density at radius 2 is 2.20 bits per heavy atom. The molecule has 20 heavy (non-hydrogen) atoms. The number of esters is 1. The average molecular weight is 273 g/mol. The van der Waals surface area contributed by atoms with Crippen LogP contribution in [0.1, 0.15) is 31.4 Å². The molecule has 2 heterocycles. The van der Waals surface area contributed by atoms with Crippen molar-refractivity contribution in [1.29, 1.82) is 0 Å². The molecule has 4 nitrogen and oxygen atoms in total. The molecular formula is C16H19NO3. The number of methoxy groups -OCH3 is 1. The van der Waals surface area contributed by atoms with Gasteiger partial charge in [0.2, 0.25) is 0 Å². The lowest BCUT2D eigenvalue weighted by Gasteiger charge is -2.30. The third kappa shape index (κ3) is 1.30. The van der Waals surface area contributed by atoms with Gasteiger partial charge in [0.05, 0.1) is 25.0 Å². The van der Waals surface area contributed by atoms with Crippen LogP contribution < -0.4 is 0 Å². The Balaban J connectivity index is 1.79. The highest BCUT2D eigenvalue weighted by atomic mass is 16.5. The van der Waals surface area contributed by atoms with Crippen LogP contribution in [-0.4, -0.2) is 30.3 Å². The van der Waals surface area contributed by atoms with E-state index in [4.69, 9.17) is 9.47 Å².